The van der Waals surface area contributed by atoms with Gasteiger partial charge < -0.3 is 15.3 Å². The van der Waals surface area contributed by atoms with Crippen molar-refractivity contribution >= 4 is 12.0 Å². The summed E-state index contributed by atoms with van der Waals surface area (Å²) < 4.78 is 0. The smallest absolute Gasteiger partial charge is 0.317 e. The summed E-state index contributed by atoms with van der Waals surface area (Å²) in [6, 6.07) is -0.00803. The molecule has 16 heavy (non-hydrogen) atoms. The van der Waals surface area contributed by atoms with Crippen LogP contribution in [0.1, 0.15) is 39.5 Å². The van der Waals surface area contributed by atoms with E-state index in [0.717, 1.165) is 19.3 Å². The number of carboxylic acid groups (broad SMARTS) is 1. The molecular weight excluding hydrogens is 208 g/mol. The van der Waals surface area contributed by atoms with Crippen molar-refractivity contribution in [3.63, 3.8) is 0 Å². The molecule has 0 radical (unpaired) electrons. The zero-order chi connectivity index (χ0) is 12.6. The molecule has 5 nitrogen and oxygen atoms in total. The molecule has 0 aliphatic rings. The van der Waals surface area contributed by atoms with Crippen LogP contribution in [-0.4, -0.2) is 41.6 Å². The van der Waals surface area contributed by atoms with Crippen molar-refractivity contribution in [2.75, 3.05) is 13.6 Å². The van der Waals surface area contributed by atoms with E-state index in [1.165, 1.54) is 4.90 Å². The molecule has 5 heteroatoms. The predicted molar refractivity (Wildman–Crippen MR) is 62.4 cm³/mol. The summed E-state index contributed by atoms with van der Waals surface area (Å²) in [6.07, 6.45) is 2.85. The first-order valence-corrected chi connectivity index (χ1v) is 5.74. The summed E-state index contributed by atoms with van der Waals surface area (Å²) in [5.41, 5.74) is 0. The summed E-state index contributed by atoms with van der Waals surface area (Å²) in [7, 11) is 1.61. The molecule has 0 saturated carbocycles. The lowest BCUT2D eigenvalue weighted by molar-refractivity contribution is -0.137. The Kier molecular flexibility index (Phi) is 7.33. The average Bonchev–Trinajstić information content (AvgIpc) is 2.24. The molecule has 0 heterocycles. The van der Waals surface area contributed by atoms with Crippen molar-refractivity contribution in [3.05, 3.63) is 0 Å². The third kappa shape index (κ3) is 6.27. The van der Waals surface area contributed by atoms with E-state index in [2.05, 4.69) is 12.2 Å². The average molecular weight is 230 g/mol. The summed E-state index contributed by atoms with van der Waals surface area (Å²) in [5.74, 6) is -0.889. The maximum absolute atomic E-state index is 11.6. The monoisotopic (exact) mass is 230 g/mol. The van der Waals surface area contributed by atoms with Gasteiger partial charge in [-0.15, -0.1) is 0 Å². The van der Waals surface area contributed by atoms with Gasteiger partial charge in [-0.1, -0.05) is 20.3 Å². The Bertz CT molecular complexity index is 231. The molecular formula is C11H22N2O3. The molecule has 0 saturated heterocycles. The maximum atomic E-state index is 11.6. The molecule has 94 valence electrons. The molecule has 0 fully saturated rings. The Morgan fingerprint density at radius 3 is 2.44 bits per heavy atom. The minimum absolute atomic E-state index is 0.0194. The van der Waals surface area contributed by atoms with Crippen LogP contribution in [0, 0.1) is 0 Å². The first-order valence-electron chi connectivity index (χ1n) is 5.74. The fourth-order valence-electron chi connectivity index (χ4n) is 1.38. The zero-order valence-corrected chi connectivity index (χ0v) is 10.3. The number of carbonyl (C=O) groups excluding carboxylic acids is 1. The SMILES string of the molecule is CCCC(CC)NC(=O)N(C)CCC(=O)O. The van der Waals surface area contributed by atoms with Gasteiger partial charge in [0.15, 0.2) is 0 Å². The minimum atomic E-state index is -0.889. The van der Waals surface area contributed by atoms with E-state index in [1.807, 2.05) is 6.92 Å². The number of nitrogens with zero attached hydrogens (tertiary/aromatic N) is 1. The molecule has 0 aliphatic carbocycles. The highest BCUT2D eigenvalue weighted by atomic mass is 16.4. The predicted octanol–water partition coefficient (Wildman–Crippen LogP) is 1.68. The number of aliphatic carboxylic acids is 1. The van der Waals surface area contributed by atoms with Crippen LogP contribution in [0.5, 0.6) is 0 Å². The highest BCUT2D eigenvalue weighted by Crippen LogP contribution is 2.01. The van der Waals surface area contributed by atoms with Crippen LogP contribution in [-0.2, 0) is 4.79 Å². The second-order valence-electron chi connectivity index (χ2n) is 3.91. The van der Waals surface area contributed by atoms with E-state index in [-0.39, 0.29) is 25.0 Å². The van der Waals surface area contributed by atoms with Gasteiger partial charge >= 0.3 is 12.0 Å². The van der Waals surface area contributed by atoms with Crippen LogP contribution in [0.3, 0.4) is 0 Å². The minimum Gasteiger partial charge on any atom is -0.481 e. The van der Waals surface area contributed by atoms with Crippen LogP contribution >= 0.6 is 0 Å². The number of carbonyl (C=O) groups is 2. The van der Waals surface area contributed by atoms with Crippen LogP contribution in [0.2, 0.25) is 0 Å². The lowest BCUT2D eigenvalue weighted by Crippen LogP contribution is -2.43. The largest absolute Gasteiger partial charge is 0.481 e. The lowest BCUT2D eigenvalue weighted by Gasteiger charge is -2.22. The quantitative estimate of drug-likeness (QED) is 0.699. The second kappa shape index (κ2) is 7.96. The first-order chi connectivity index (χ1) is 7.51. The fourth-order valence-corrected chi connectivity index (χ4v) is 1.38. The van der Waals surface area contributed by atoms with Crippen LogP contribution in [0.25, 0.3) is 0 Å². The van der Waals surface area contributed by atoms with Gasteiger partial charge in [-0.05, 0) is 12.8 Å². The molecule has 1 unspecified atom stereocenters. The van der Waals surface area contributed by atoms with E-state index in [9.17, 15) is 9.59 Å². The zero-order valence-electron chi connectivity index (χ0n) is 10.3. The second-order valence-corrected chi connectivity index (χ2v) is 3.91. The highest BCUT2D eigenvalue weighted by Gasteiger charge is 2.13. The fraction of sp³-hybridized carbons (Fsp3) is 0.818. The molecule has 1 atom stereocenters. The summed E-state index contributed by atoms with van der Waals surface area (Å²) >= 11 is 0. The Hall–Kier alpha value is -1.26. The number of carboxylic acids is 1. The molecule has 0 aliphatic heterocycles. The lowest BCUT2D eigenvalue weighted by atomic mass is 10.1. The summed E-state index contributed by atoms with van der Waals surface area (Å²) in [6.45, 7) is 4.34. The Morgan fingerprint density at radius 2 is 2.00 bits per heavy atom. The van der Waals surface area contributed by atoms with Crippen molar-refractivity contribution in [2.24, 2.45) is 0 Å². The van der Waals surface area contributed by atoms with E-state index in [4.69, 9.17) is 5.11 Å². The summed E-state index contributed by atoms with van der Waals surface area (Å²) in [4.78, 5) is 23.4. The van der Waals surface area contributed by atoms with E-state index >= 15 is 0 Å². The Balaban J connectivity index is 3.97. The first kappa shape index (κ1) is 14.7. The van der Waals surface area contributed by atoms with Gasteiger partial charge in [-0.2, -0.15) is 0 Å². The Morgan fingerprint density at radius 1 is 1.38 bits per heavy atom. The van der Waals surface area contributed by atoms with Crippen molar-refractivity contribution in [3.8, 4) is 0 Å². The van der Waals surface area contributed by atoms with Crippen molar-refractivity contribution in [1.82, 2.24) is 10.2 Å². The van der Waals surface area contributed by atoms with Crippen LogP contribution < -0.4 is 5.32 Å². The van der Waals surface area contributed by atoms with Gasteiger partial charge in [0, 0.05) is 19.6 Å². The third-order valence-electron chi connectivity index (χ3n) is 2.47. The Labute approximate surface area is 96.8 Å². The van der Waals surface area contributed by atoms with Crippen molar-refractivity contribution in [1.29, 1.82) is 0 Å². The molecule has 0 rings (SSSR count). The maximum Gasteiger partial charge on any atom is 0.317 e. The normalized spacial score (nSPS) is 11.9. The third-order valence-corrected chi connectivity index (χ3v) is 2.47. The molecule has 2 N–H and O–H groups in total. The standard InChI is InChI=1S/C11H22N2O3/c1-4-6-9(5-2)12-11(16)13(3)8-7-10(14)15/h9H,4-8H2,1-3H3,(H,12,16)(H,14,15). The van der Waals surface area contributed by atoms with Crippen LogP contribution in [0.15, 0.2) is 0 Å². The number of amides is 2. The van der Waals surface area contributed by atoms with Crippen molar-refractivity contribution in [2.45, 2.75) is 45.6 Å². The van der Waals surface area contributed by atoms with Gasteiger partial charge in [0.05, 0.1) is 6.42 Å². The molecule has 0 bridgehead atoms. The number of hydrogen-bond acceptors (Lipinski definition) is 2. The highest BCUT2D eigenvalue weighted by molar-refractivity contribution is 5.75. The number of rotatable bonds is 7. The topological polar surface area (TPSA) is 69.6 Å². The van der Waals surface area contributed by atoms with Gasteiger partial charge in [0.2, 0.25) is 0 Å². The number of nitrogens with one attached hydrogen (secondary N) is 1. The van der Waals surface area contributed by atoms with Gasteiger partial charge in [-0.25, -0.2) is 4.79 Å². The van der Waals surface area contributed by atoms with E-state index in [0.29, 0.717) is 0 Å². The summed E-state index contributed by atoms with van der Waals surface area (Å²) in [5, 5.41) is 11.4. The van der Waals surface area contributed by atoms with Gasteiger partial charge in [-0.3, -0.25) is 4.79 Å². The van der Waals surface area contributed by atoms with Gasteiger partial charge in [0.1, 0.15) is 0 Å². The van der Waals surface area contributed by atoms with E-state index in [1.54, 1.807) is 7.05 Å². The van der Waals surface area contributed by atoms with Crippen LogP contribution in [0.4, 0.5) is 4.79 Å². The van der Waals surface area contributed by atoms with Crippen molar-refractivity contribution < 1.29 is 14.7 Å². The number of hydrogen-bond donors (Lipinski definition) is 2. The molecule has 0 aromatic heterocycles. The molecule has 0 spiro atoms. The van der Waals surface area contributed by atoms with E-state index < -0.39 is 5.97 Å². The molecule has 0 aromatic carbocycles. The molecule has 2 amide bonds. The molecule has 0 aromatic rings. The van der Waals surface area contributed by atoms with Gasteiger partial charge in [0.25, 0.3) is 0 Å². The number of urea groups is 1.